The number of nitrogens with one attached hydrogen (secondary N) is 3. The van der Waals surface area contributed by atoms with E-state index in [0.29, 0.717) is 17.2 Å². The van der Waals surface area contributed by atoms with Crippen LogP contribution in [0.3, 0.4) is 0 Å². The average molecular weight is 464 g/mol. The van der Waals surface area contributed by atoms with Crippen LogP contribution in [0.25, 0.3) is 22.4 Å². The summed E-state index contributed by atoms with van der Waals surface area (Å²) in [7, 11) is 3.93. The molecular formula is C27H25N7O. The topological polar surface area (TPSA) is 98.8 Å². The molecule has 8 nitrogen and oxygen atoms in total. The van der Waals surface area contributed by atoms with E-state index in [4.69, 9.17) is 4.98 Å². The molecule has 5 aromatic rings. The van der Waals surface area contributed by atoms with E-state index in [9.17, 15) is 4.79 Å². The van der Waals surface area contributed by atoms with Gasteiger partial charge in [0, 0.05) is 60.9 Å². The maximum atomic E-state index is 13.0. The van der Waals surface area contributed by atoms with Crippen LogP contribution in [0.5, 0.6) is 0 Å². The highest BCUT2D eigenvalue weighted by atomic mass is 16.1. The molecule has 35 heavy (non-hydrogen) atoms. The van der Waals surface area contributed by atoms with Crippen LogP contribution in [0.4, 0.5) is 22.9 Å². The van der Waals surface area contributed by atoms with E-state index in [2.05, 4.69) is 25.6 Å². The molecule has 0 aliphatic rings. The zero-order valence-corrected chi connectivity index (χ0v) is 19.7. The van der Waals surface area contributed by atoms with Gasteiger partial charge in [-0.05, 0) is 61.0 Å². The molecule has 8 heteroatoms. The number of carbonyl (C=O) groups is 1. The largest absolute Gasteiger partial charge is 0.378 e. The first kappa shape index (κ1) is 22.1. The standard InChI is InChI=1S/C27H25N7O/c1-17-9-10-18(27(35)30-20-7-4-8-21(15-20)34(2)3)14-23(17)32-26-24-22(11-13-29-24)31-25(33-26)19-6-5-12-28-16-19/h4-16,29H,1-3H3,(H,30,35)(H,31,32,33). The second-order valence-electron chi connectivity index (χ2n) is 8.43. The Hall–Kier alpha value is -4.72. The molecule has 3 aromatic heterocycles. The molecule has 0 atom stereocenters. The fourth-order valence-electron chi connectivity index (χ4n) is 3.75. The summed E-state index contributed by atoms with van der Waals surface area (Å²) >= 11 is 0. The third kappa shape index (κ3) is 4.67. The number of pyridine rings is 1. The van der Waals surface area contributed by atoms with Crippen molar-refractivity contribution in [3.8, 4) is 11.4 Å². The third-order valence-electron chi connectivity index (χ3n) is 5.70. The average Bonchev–Trinajstić information content (AvgIpc) is 3.35. The lowest BCUT2D eigenvalue weighted by atomic mass is 10.1. The summed E-state index contributed by atoms with van der Waals surface area (Å²) in [4.78, 5) is 31.8. The molecule has 0 saturated carbocycles. The highest BCUT2D eigenvalue weighted by molar-refractivity contribution is 6.05. The fraction of sp³-hybridized carbons (Fsp3) is 0.111. The predicted molar refractivity (Wildman–Crippen MR) is 140 cm³/mol. The highest BCUT2D eigenvalue weighted by Crippen LogP contribution is 2.28. The monoisotopic (exact) mass is 463 g/mol. The van der Waals surface area contributed by atoms with Crippen LogP contribution < -0.4 is 15.5 Å². The molecule has 0 radical (unpaired) electrons. The summed E-state index contributed by atoms with van der Waals surface area (Å²) in [5, 5.41) is 6.39. The quantitative estimate of drug-likeness (QED) is 0.312. The highest BCUT2D eigenvalue weighted by Gasteiger charge is 2.14. The maximum absolute atomic E-state index is 13.0. The van der Waals surface area contributed by atoms with E-state index in [1.54, 1.807) is 12.4 Å². The smallest absolute Gasteiger partial charge is 0.255 e. The Morgan fingerprint density at radius 3 is 2.69 bits per heavy atom. The summed E-state index contributed by atoms with van der Waals surface area (Å²) in [6, 6.07) is 19.0. The summed E-state index contributed by atoms with van der Waals surface area (Å²) in [5.74, 6) is 1.01. The molecule has 2 aromatic carbocycles. The number of carbonyl (C=O) groups excluding carboxylic acids is 1. The molecule has 0 saturated heterocycles. The van der Waals surface area contributed by atoms with Crippen LogP contribution in [0.15, 0.2) is 79.3 Å². The molecule has 174 valence electrons. The van der Waals surface area contributed by atoms with Crippen molar-refractivity contribution in [2.75, 3.05) is 29.6 Å². The van der Waals surface area contributed by atoms with Crippen molar-refractivity contribution in [3.05, 3.63) is 90.4 Å². The van der Waals surface area contributed by atoms with Gasteiger partial charge < -0.3 is 20.5 Å². The molecule has 0 spiro atoms. The van der Waals surface area contributed by atoms with E-state index >= 15 is 0 Å². The number of nitrogens with zero attached hydrogens (tertiary/aromatic N) is 4. The van der Waals surface area contributed by atoms with Crippen molar-refractivity contribution in [2.45, 2.75) is 6.92 Å². The van der Waals surface area contributed by atoms with E-state index < -0.39 is 0 Å². The van der Waals surface area contributed by atoms with Crippen molar-refractivity contribution >= 4 is 39.8 Å². The minimum absolute atomic E-state index is 0.187. The van der Waals surface area contributed by atoms with Crippen molar-refractivity contribution in [3.63, 3.8) is 0 Å². The van der Waals surface area contributed by atoms with Gasteiger partial charge in [-0.1, -0.05) is 12.1 Å². The van der Waals surface area contributed by atoms with Crippen LogP contribution in [0.1, 0.15) is 15.9 Å². The van der Waals surface area contributed by atoms with Gasteiger partial charge in [-0.3, -0.25) is 9.78 Å². The minimum atomic E-state index is -0.187. The first-order valence-corrected chi connectivity index (χ1v) is 11.2. The number of hydrogen-bond donors (Lipinski definition) is 3. The zero-order chi connectivity index (χ0) is 24.4. The fourth-order valence-corrected chi connectivity index (χ4v) is 3.75. The number of H-pyrrole nitrogens is 1. The van der Waals surface area contributed by atoms with Gasteiger partial charge in [-0.25, -0.2) is 9.97 Å². The van der Waals surface area contributed by atoms with E-state index in [1.807, 2.05) is 92.8 Å². The Balaban J connectivity index is 1.45. The van der Waals surface area contributed by atoms with Gasteiger partial charge in [0.05, 0.1) is 5.52 Å². The summed E-state index contributed by atoms with van der Waals surface area (Å²) in [6.07, 6.45) is 5.28. The number of amides is 1. The van der Waals surface area contributed by atoms with Crippen LogP contribution >= 0.6 is 0 Å². The number of anilines is 4. The van der Waals surface area contributed by atoms with Crippen LogP contribution in [-0.4, -0.2) is 39.9 Å². The molecule has 0 bridgehead atoms. The Bertz CT molecular complexity index is 1510. The molecule has 0 fully saturated rings. The molecule has 5 rings (SSSR count). The number of aromatic amines is 1. The number of rotatable bonds is 6. The first-order chi connectivity index (χ1) is 17.0. The SMILES string of the molecule is Cc1ccc(C(=O)Nc2cccc(N(C)C)c2)cc1Nc1nc(-c2cccnc2)nc2cc[nH]c12. The lowest BCUT2D eigenvalue weighted by Gasteiger charge is -2.15. The maximum Gasteiger partial charge on any atom is 0.255 e. The first-order valence-electron chi connectivity index (χ1n) is 11.2. The number of aromatic nitrogens is 4. The van der Waals surface area contributed by atoms with Gasteiger partial charge in [0.2, 0.25) is 0 Å². The lowest BCUT2D eigenvalue weighted by molar-refractivity contribution is 0.102. The Kier molecular flexibility index (Phi) is 5.85. The van der Waals surface area contributed by atoms with Crippen molar-refractivity contribution < 1.29 is 4.79 Å². The molecule has 1 amide bonds. The molecule has 0 aliphatic heterocycles. The molecule has 3 heterocycles. The number of benzene rings is 2. The minimum Gasteiger partial charge on any atom is -0.378 e. The van der Waals surface area contributed by atoms with Crippen molar-refractivity contribution in [1.29, 1.82) is 0 Å². The zero-order valence-electron chi connectivity index (χ0n) is 19.7. The lowest BCUT2D eigenvalue weighted by Crippen LogP contribution is -2.14. The van der Waals surface area contributed by atoms with E-state index in [1.165, 1.54) is 0 Å². The van der Waals surface area contributed by atoms with Crippen LogP contribution in [-0.2, 0) is 0 Å². The van der Waals surface area contributed by atoms with Gasteiger partial charge in [0.25, 0.3) is 5.91 Å². The Labute approximate surface area is 203 Å². The number of fused-ring (bicyclic) bond motifs is 1. The number of aryl methyl sites for hydroxylation is 1. The molecule has 3 N–H and O–H groups in total. The van der Waals surface area contributed by atoms with E-state index in [-0.39, 0.29) is 5.91 Å². The predicted octanol–water partition coefficient (Wildman–Crippen LogP) is 5.39. The third-order valence-corrected chi connectivity index (χ3v) is 5.70. The number of hydrogen-bond acceptors (Lipinski definition) is 6. The van der Waals surface area contributed by atoms with Gasteiger partial charge >= 0.3 is 0 Å². The molecule has 0 unspecified atom stereocenters. The normalized spacial score (nSPS) is 10.8. The summed E-state index contributed by atoms with van der Waals surface area (Å²) < 4.78 is 0. The van der Waals surface area contributed by atoms with Crippen LogP contribution in [0, 0.1) is 6.92 Å². The second kappa shape index (κ2) is 9.26. The summed E-state index contributed by atoms with van der Waals surface area (Å²) in [6.45, 7) is 1.99. The van der Waals surface area contributed by atoms with Gasteiger partial charge in [0.15, 0.2) is 11.6 Å². The second-order valence-corrected chi connectivity index (χ2v) is 8.43. The Morgan fingerprint density at radius 1 is 1.00 bits per heavy atom. The molecular weight excluding hydrogens is 438 g/mol. The van der Waals surface area contributed by atoms with Crippen molar-refractivity contribution in [1.82, 2.24) is 19.9 Å². The van der Waals surface area contributed by atoms with Gasteiger partial charge in [0.1, 0.15) is 5.52 Å². The van der Waals surface area contributed by atoms with Gasteiger partial charge in [-0.2, -0.15) is 0 Å². The van der Waals surface area contributed by atoms with Crippen molar-refractivity contribution in [2.24, 2.45) is 0 Å². The van der Waals surface area contributed by atoms with Crippen LogP contribution in [0.2, 0.25) is 0 Å². The summed E-state index contributed by atoms with van der Waals surface area (Å²) in [5.41, 5.74) is 6.45. The van der Waals surface area contributed by atoms with Gasteiger partial charge in [-0.15, -0.1) is 0 Å². The van der Waals surface area contributed by atoms with E-state index in [0.717, 1.165) is 39.2 Å². The Morgan fingerprint density at radius 2 is 1.89 bits per heavy atom. The molecule has 0 aliphatic carbocycles.